The molecule has 1 aromatic rings. The lowest BCUT2D eigenvalue weighted by molar-refractivity contribution is -0.145. The van der Waals surface area contributed by atoms with E-state index >= 15 is 0 Å². The van der Waals surface area contributed by atoms with Gasteiger partial charge in [-0.25, -0.2) is 9.59 Å². The fourth-order valence-corrected chi connectivity index (χ4v) is 2.84. The van der Waals surface area contributed by atoms with E-state index < -0.39 is 36.0 Å². The van der Waals surface area contributed by atoms with E-state index in [2.05, 4.69) is 16.0 Å². The number of methoxy groups -OCH3 is 1. The second-order valence-electron chi connectivity index (χ2n) is 8.42. The van der Waals surface area contributed by atoms with Crippen molar-refractivity contribution < 1.29 is 28.7 Å². The first-order chi connectivity index (χ1) is 15.5. The highest BCUT2D eigenvalue weighted by molar-refractivity contribution is 5.99. The third-order valence-electron chi connectivity index (χ3n) is 4.44. The van der Waals surface area contributed by atoms with Crippen molar-refractivity contribution in [2.75, 3.05) is 7.11 Å². The van der Waals surface area contributed by atoms with E-state index in [0.717, 1.165) is 5.56 Å². The van der Waals surface area contributed by atoms with Crippen molar-refractivity contribution in [3.63, 3.8) is 0 Å². The van der Waals surface area contributed by atoms with E-state index in [1.807, 2.05) is 58.0 Å². The number of amides is 3. The second kappa shape index (κ2) is 13.9. The van der Waals surface area contributed by atoms with Crippen LogP contribution in [0.15, 0.2) is 42.1 Å². The van der Waals surface area contributed by atoms with Crippen LogP contribution in [0.3, 0.4) is 0 Å². The number of alkyl carbamates (subject to hydrolysis) is 1. The van der Waals surface area contributed by atoms with Gasteiger partial charge in [-0.3, -0.25) is 14.9 Å². The van der Waals surface area contributed by atoms with Crippen molar-refractivity contribution in [1.82, 2.24) is 16.0 Å². The van der Waals surface area contributed by atoms with Gasteiger partial charge in [0.25, 0.3) is 5.91 Å². The first-order valence-corrected chi connectivity index (χ1v) is 10.9. The van der Waals surface area contributed by atoms with Crippen LogP contribution in [0.1, 0.15) is 46.6 Å². The van der Waals surface area contributed by atoms with Gasteiger partial charge in [-0.2, -0.15) is 0 Å². The lowest BCUT2D eigenvalue weighted by Crippen LogP contribution is -2.52. The van der Waals surface area contributed by atoms with Crippen molar-refractivity contribution >= 4 is 23.9 Å². The number of esters is 1. The van der Waals surface area contributed by atoms with Crippen LogP contribution in [0.5, 0.6) is 0 Å². The highest BCUT2D eigenvalue weighted by Crippen LogP contribution is 2.07. The first kappa shape index (κ1) is 27.7. The van der Waals surface area contributed by atoms with E-state index in [0.29, 0.717) is 6.42 Å². The van der Waals surface area contributed by atoms with Crippen LogP contribution in [-0.4, -0.2) is 43.1 Å². The molecule has 0 saturated carbocycles. The van der Waals surface area contributed by atoms with Gasteiger partial charge in [-0.1, -0.05) is 64.1 Å². The average molecular weight is 462 g/mol. The molecule has 0 radical (unpaired) electrons. The van der Waals surface area contributed by atoms with Crippen LogP contribution >= 0.6 is 0 Å². The first-order valence-electron chi connectivity index (χ1n) is 10.9. The summed E-state index contributed by atoms with van der Waals surface area (Å²) in [6.45, 7) is 9.04. The summed E-state index contributed by atoms with van der Waals surface area (Å²) in [6, 6.07) is 7.34. The minimum atomic E-state index is -0.963. The summed E-state index contributed by atoms with van der Waals surface area (Å²) in [6.07, 6.45) is 1.16. The fraction of sp³-hybridized carbons (Fsp3) is 0.500. The Morgan fingerprint density at radius 1 is 0.970 bits per heavy atom. The Hall–Kier alpha value is -3.36. The normalized spacial score (nSPS) is 13.2. The zero-order valence-corrected chi connectivity index (χ0v) is 20.1. The molecule has 9 nitrogen and oxygen atoms in total. The van der Waals surface area contributed by atoms with E-state index in [1.54, 1.807) is 6.08 Å². The molecule has 3 N–H and O–H groups in total. The largest absolute Gasteiger partial charge is 0.467 e. The minimum absolute atomic E-state index is 0.0330. The van der Waals surface area contributed by atoms with Crippen molar-refractivity contribution in [2.45, 2.75) is 59.7 Å². The van der Waals surface area contributed by atoms with E-state index in [-0.39, 0.29) is 24.1 Å². The Bertz CT molecular complexity index is 836. The Morgan fingerprint density at radius 3 is 2.15 bits per heavy atom. The van der Waals surface area contributed by atoms with Gasteiger partial charge in [0.15, 0.2) is 0 Å². The number of hydrogen-bond donors (Lipinski definition) is 3. The molecule has 182 valence electrons. The SMILES string of the molecule is COC(=O)C(CC(C)C)NC(=O)C(C)NC(=O)C(=CC(C)C)NC(=O)OCc1ccccc1. The molecule has 0 aromatic heterocycles. The lowest BCUT2D eigenvalue weighted by atomic mass is 10.0. The van der Waals surface area contributed by atoms with Crippen LogP contribution in [0.25, 0.3) is 0 Å². The van der Waals surface area contributed by atoms with Gasteiger partial charge >= 0.3 is 12.1 Å². The van der Waals surface area contributed by atoms with Crippen molar-refractivity contribution in [3.8, 4) is 0 Å². The highest BCUT2D eigenvalue weighted by Gasteiger charge is 2.26. The molecule has 9 heteroatoms. The molecule has 0 saturated heterocycles. The Morgan fingerprint density at radius 2 is 1.61 bits per heavy atom. The molecule has 2 unspecified atom stereocenters. The fourth-order valence-electron chi connectivity index (χ4n) is 2.84. The van der Waals surface area contributed by atoms with E-state index in [4.69, 9.17) is 9.47 Å². The molecule has 0 heterocycles. The monoisotopic (exact) mass is 461 g/mol. The van der Waals surface area contributed by atoms with E-state index in [1.165, 1.54) is 14.0 Å². The molecule has 1 rings (SSSR count). The minimum Gasteiger partial charge on any atom is -0.467 e. The Balaban J connectivity index is 2.75. The third kappa shape index (κ3) is 10.7. The summed E-state index contributed by atoms with van der Waals surface area (Å²) in [5, 5.41) is 7.58. The number of allylic oxidation sites excluding steroid dienone is 1. The summed E-state index contributed by atoms with van der Waals surface area (Å²) >= 11 is 0. The van der Waals surface area contributed by atoms with Gasteiger partial charge in [-0.05, 0) is 30.7 Å². The predicted molar refractivity (Wildman–Crippen MR) is 124 cm³/mol. The molecule has 3 amide bonds. The summed E-state index contributed by atoms with van der Waals surface area (Å²) in [4.78, 5) is 49.4. The number of ether oxygens (including phenoxy) is 2. The Labute approximate surface area is 195 Å². The molecule has 0 aliphatic heterocycles. The van der Waals surface area contributed by atoms with Gasteiger partial charge in [0.2, 0.25) is 5.91 Å². The zero-order chi connectivity index (χ0) is 25.0. The number of hydrogen-bond acceptors (Lipinski definition) is 6. The van der Waals surface area contributed by atoms with Crippen LogP contribution in [-0.2, 0) is 30.5 Å². The number of carbonyl (C=O) groups excluding carboxylic acids is 4. The maximum atomic E-state index is 12.7. The average Bonchev–Trinajstić information content (AvgIpc) is 2.76. The molecule has 0 aliphatic carbocycles. The topological polar surface area (TPSA) is 123 Å². The van der Waals surface area contributed by atoms with Crippen LogP contribution in [0.4, 0.5) is 4.79 Å². The van der Waals surface area contributed by atoms with Crippen LogP contribution in [0.2, 0.25) is 0 Å². The molecule has 33 heavy (non-hydrogen) atoms. The molecule has 0 fully saturated rings. The van der Waals surface area contributed by atoms with Crippen molar-refractivity contribution in [1.29, 1.82) is 0 Å². The molecule has 0 spiro atoms. The van der Waals surface area contributed by atoms with Crippen LogP contribution < -0.4 is 16.0 Å². The number of nitrogens with one attached hydrogen (secondary N) is 3. The molecule has 0 aliphatic rings. The zero-order valence-electron chi connectivity index (χ0n) is 20.1. The smallest absolute Gasteiger partial charge is 0.412 e. The van der Waals surface area contributed by atoms with Gasteiger partial charge in [0.1, 0.15) is 24.4 Å². The molecule has 0 bridgehead atoms. The summed E-state index contributed by atoms with van der Waals surface area (Å²) in [7, 11) is 1.25. The van der Waals surface area contributed by atoms with Gasteiger partial charge in [0, 0.05) is 0 Å². The maximum Gasteiger partial charge on any atom is 0.412 e. The van der Waals surface area contributed by atoms with Gasteiger partial charge in [0.05, 0.1) is 7.11 Å². The molecular formula is C24H35N3O6. The molecule has 2 atom stereocenters. The molecule has 1 aromatic carbocycles. The van der Waals surface area contributed by atoms with Gasteiger partial charge < -0.3 is 20.1 Å². The summed E-state index contributed by atoms with van der Waals surface area (Å²) in [5.41, 5.74) is 0.771. The van der Waals surface area contributed by atoms with E-state index in [9.17, 15) is 19.2 Å². The van der Waals surface area contributed by atoms with Crippen molar-refractivity contribution in [2.24, 2.45) is 11.8 Å². The highest BCUT2D eigenvalue weighted by atomic mass is 16.5. The molecular weight excluding hydrogens is 426 g/mol. The standard InChI is InChI=1S/C24H35N3O6/c1-15(2)12-19(27-24(31)33-14-18-10-8-7-9-11-18)22(29)25-17(5)21(28)26-20(13-16(3)4)23(30)32-6/h7-12,15-17,20H,13-14H2,1-6H3,(H,25,29)(H,26,28)(H,27,31). The van der Waals surface area contributed by atoms with Crippen molar-refractivity contribution in [3.05, 3.63) is 47.7 Å². The summed E-state index contributed by atoms with van der Waals surface area (Å²) in [5.74, 6) is -1.67. The third-order valence-corrected chi connectivity index (χ3v) is 4.44. The van der Waals surface area contributed by atoms with Gasteiger partial charge in [-0.15, -0.1) is 0 Å². The number of carbonyl (C=O) groups is 4. The Kier molecular flexibility index (Phi) is 11.7. The lowest BCUT2D eigenvalue weighted by Gasteiger charge is -2.21. The quantitative estimate of drug-likeness (QED) is 0.344. The predicted octanol–water partition coefficient (Wildman–Crippen LogP) is 2.66. The maximum absolute atomic E-state index is 12.7. The number of rotatable bonds is 11. The summed E-state index contributed by atoms with van der Waals surface area (Å²) < 4.78 is 9.91. The second-order valence-corrected chi connectivity index (χ2v) is 8.42. The van der Waals surface area contributed by atoms with Crippen LogP contribution in [0, 0.1) is 11.8 Å². The number of benzene rings is 1.